The Morgan fingerprint density at radius 2 is 1.84 bits per heavy atom. The second-order valence-electron chi connectivity index (χ2n) is 4.00. The lowest BCUT2D eigenvalue weighted by molar-refractivity contribution is -0.0329. The quantitative estimate of drug-likeness (QED) is 0.497. The molecule has 0 radical (unpaired) electrons. The molecule has 0 aliphatic carbocycles. The zero-order valence-corrected chi connectivity index (χ0v) is 11.4. The molecule has 7 heteroatoms. The molecule has 0 aromatic heterocycles. The van der Waals surface area contributed by atoms with Crippen molar-refractivity contribution in [3.8, 4) is 5.75 Å². The molecular weight excluding hydrogens is 277 g/mol. The largest absolute Gasteiger partial charge is 0.492 e. The number of hydrogen-bond acceptors (Lipinski definition) is 3. The summed E-state index contributed by atoms with van der Waals surface area (Å²) in [5, 5.41) is 7.34. The first kappa shape index (κ1) is 15.7. The molecule has 0 heterocycles. The number of nitrogens with one attached hydrogen (secondary N) is 1. The third-order valence-corrected chi connectivity index (χ3v) is 3.06. The lowest BCUT2D eigenvalue weighted by Crippen LogP contribution is -2.13. The van der Waals surface area contributed by atoms with Crippen LogP contribution < -0.4 is 10.5 Å². The fourth-order valence-electron chi connectivity index (χ4n) is 1.63. The summed E-state index contributed by atoms with van der Waals surface area (Å²) in [6.45, 7) is 3.52. The van der Waals surface area contributed by atoms with Gasteiger partial charge in [-0.25, -0.2) is 0 Å². The van der Waals surface area contributed by atoms with Gasteiger partial charge in [0.15, 0.2) is 0 Å². The normalized spacial score (nSPS) is 11.4. The molecule has 0 aliphatic rings. The average Bonchev–Trinajstić information content (AvgIpc) is 2.25. The van der Waals surface area contributed by atoms with E-state index in [4.69, 9.17) is 15.9 Å². The van der Waals surface area contributed by atoms with E-state index in [1.807, 2.05) is 0 Å². The van der Waals surface area contributed by atoms with Crippen molar-refractivity contribution in [2.24, 2.45) is 5.73 Å². The third-order valence-electron chi connectivity index (χ3n) is 2.37. The Kier molecular flexibility index (Phi) is 5.11. The molecule has 0 bridgehead atoms. The monoisotopic (exact) mass is 292 g/mol. The van der Waals surface area contributed by atoms with Crippen LogP contribution in [0.25, 0.3) is 0 Å². The van der Waals surface area contributed by atoms with Gasteiger partial charge in [-0.1, -0.05) is 0 Å². The summed E-state index contributed by atoms with van der Waals surface area (Å²) in [6.07, 6.45) is 0. The molecule has 0 unspecified atom stereocenters. The number of nitrogen functional groups attached to an aromatic ring is 1. The molecule has 19 heavy (non-hydrogen) atoms. The first-order chi connectivity index (χ1) is 8.70. The van der Waals surface area contributed by atoms with E-state index in [0.29, 0.717) is 11.3 Å². The summed E-state index contributed by atoms with van der Waals surface area (Å²) in [5.74, 6) is 0.342. The highest BCUT2D eigenvalue weighted by atomic mass is 32.2. The zero-order chi connectivity index (χ0) is 14.6. The molecule has 0 aliphatic heterocycles. The van der Waals surface area contributed by atoms with Crippen molar-refractivity contribution in [3.63, 3.8) is 0 Å². The van der Waals surface area contributed by atoms with Gasteiger partial charge in [0.05, 0.1) is 6.61 Å². The minimum Gasteiger partial charge on any atom is -0.492 e. The van der Waals surface area contributed by atoms with Gasteiger partial charge in [-0.2, -0.15) is 13.2 Å². The van der Waals surface area contributed by atoms with E-state index >= 15 is 0 Å². The van der Waals surface area contributed by atoms with Crippen LogP contribution in [0.2, 0.25) is 0 Å². The van der Waals surface area contributed by atoms with Crippen LogP contribution in [0, 0.1) is 19.3 Å². The van der Waals surface area contributed by atoms with E-state index in [-0.39, 0.29) is 30.0 Å². The van der Waals surface area contributed by atoms with Crippen molar-refractivity contribution >= 4 is 17.6 Å². The van der Waals surface area contributed by atoms with Gasteiger partial charge >= 0.3 is 5.51 Å². The van der Waals surface area contributed by atoms with Gasteiger partial charge in [-0.3, -0.25) is 5.41 Å². The van der Waals surface area contributed by atoms with Gasteiger partial charge in [-0.15, -0.1) is 0 Å². The van der Waals surface area contributed by atoms with Crippen molar-refractivity contribution in [2.45, 2.75) is 19.4 Å². The van der Waals surface area contributed by atoms with E-state index < -0.39 is 5.51 Å². The van der Waals surface area contributed by atoms with E-state index in [0.717, 1.165) is 11.1 Å². The second-order valence-corrected chi connectivity index (χ2v) is 5.16. The summed E-state index contributed by atoms with van der Waals surface area (Å²) in [5.41, 5.74) is 3.24. The van der Waals surface area contributed by atoms with Crippen LogP contribution in [0.4, 0.5) is 13.2 Å². The second kappa shape index (κ2) is 6.18. The molecule has 0 saturated heterocycles. The van der Waals surface area contributed by atoms with E-state index in [9.17, 15) is 13.2 Å². The molecule has 3 N–H and O–H groups in total. The molecule has 0 spiro atoms. The summed E-state index contributed by atoms with van der Waals surface area (Å²) in [7, 11) is 0. The Bertz CT molecular complexity index is 452. The lowest BCUT2D eigenvalue weighted by atomic mass is 10.1. The van der Waals surface area contributed by atoms with E-state index in [1.54, 1.807) is 26.0 Å². The summed E-state index contributed by atoms with van der Waals surface area (Å²) in [6, 6.07) is 3.36. The highest BCUT2D eigenvalue weighted by molar-refractivity contribution is 8.00. The molecule has 0 atom stereocenters. The number of aryl methyl sites for hydroxylation is 2. The maximum Gasteiger partial charge on any atom is 0.441 e. The van der Waals surface area contributed by atoms with Crippen molar-refractivity contribution in [1.29, 1.82) is 5.41 Å². The van der Waals surface area contributed by atoms with Gasteiger partial charge in [0, 0.05) is 11.3 Å². The number of rotatable bonds is 5. The standard InChI is InChI=1S/C12H15F3N2OS/c1-7-5-9(11(16)17)6-8(2)10(7)18-3-4-19-12(13,14)15/h5-6H,3-4H2,1-2H3,(H3,16,17). The SMILES string of the molecule is Cc1cc(C(=N)N)cc(C)c1OCCSC(F)(F)F. The van der Waals surface area contributed by atoms with Gasteiger partial charge in [0.25, 0.3) is 0 Å². The first-order valence-electron chi connectivity index (χ1n) is 5.50. The molecule has 0 saturated carbocycles. The zero-order valence-electron chi connectivity index (χ0n) is 10.6. The molecular formula is C12H15F3N2OS. The van der Waals surface area contributed by atoms with Gasteiger partial charge < -0.3 is 10.5 Å². The van der Waals surface area contributed by atoms with Gasteiger partial charge in [0.2, 0.25) is 0 Å². The fraction of sp³-hybridized carbons (Fsp3) is 0.417. The van der Waals surface area contributed by atoms with Crippen LogP contribution in [-0.2, 0) is 0 Å². The Balaban J connectivity index is 2.67. The highest BCUT2D eigenvalue weighted by Crippen LogP contribution is 2.30. The molecule has 1 aromatic rings. The minimum atomic E-state index is -4.23. The number of alkyl halides is 3. The average molecular weight is 292 g/mol. The topological polar surface area (TPSA) is 59.1 Å². The van der Waals surface area contributed by atoms with Crippen molar-refractivity contribution < 1.29 is 17.9 Å². The number of benzene rings is 1. The van der Waals surface area contributed by atoms with Crippen LogP contribution in [-0.4, -0.2) is 23.7 Å². The summed E-state index contributed by atoms with van der Waals surface area (Å²) >= 11 is -0.107. The third kappa shape index (κ3) is 5.02. The predicted octanol–water partition coefficient (Wildman–Crippen LogP) is 3.22. The molecule has 1 rings (SSSR count). The van der Waals surface area contributed by atoms with E-state index in [1.165, 1.54) is 0 Å². The number of ether oxygens (including phenoxy) is 1. The van der Waals surface area contributed by atoms with Crippen molar-refractivity contribution in [2.75, 3.05) is 12.4 Å². The first-order valence-corrected chi connectivity index (χ1v) is 6.48. The maximum absolute atomic E-state index is 12.0. The van der Waals surface area contributed by atoms with Crippen LogP contribution >= 0.6 is 11.8 Å². The van der Waals surface area contributed by atoms with Crippen molar-refractivity contribution in [3.05, 3.63) is 28.8 Å². The minimum absolute atomic E-state index is 0.0225. The predicted molar refractivity (Wildman–Crippen MR) is 70.9 cm³/mol. The number of amidine groups is 1. The lowest BCUT2D eigenvalue weighted by Gasteiger charge is -2.14. The Labute approximate surface area is 113 Å². The molecule has 3 nitrogen and oxygen atoms in total. The van der Waals surface area contributed by atoms with Crippen LogP contribution in [0.1, 0.15) is 16.7 Å². The fourth-order valence-corrected chi connectivity index (χ4v) is 2.03. The van der Waals surface area contributed by atoms with Crippen LogP contribution in [0.15, 0.2) is 12.1 Å². The smallest absolute Gasteiger partial charge is 0.441 e. The highest BCUT2D eigenvalue weighted by Gasteiger charge is 2.27. The van der Waals surface area contributed by atoms with Gasteiger partial charge in [-0.05, 0) is 48.9 Å². The molecule has 0 amide bonds. The van der Waals surface area contributed by atoms with Crippen molar-refractivity contribution in [1.82, 2.24) is 0 Å². The van der Waals surface area contributed by atoms with Gasteiger partial charge in [0.1, 0.15) is 11.6 Å². The Morgan fingerprint density at radius 3 is 2.26 bits per heavy atom. The number of hydrogen-bond donors (Lipinski definition) is 2. The van der Waals surface area contributed by atoms with Crippen LogP contribution in [0.3, 0.4) is 0 Å². The summed E-state index contributed by atoms with van der Waals surface area (Å²) in [4.78, 5) is 0. The summed E-state index contributed by atoms with van der Waals surface area (Å²) < 4.78 is 41.2. The molecule has 1 aromatic carbocycles. The Morgan fingerprint density at radius 1 is 1.32 bits per heavy atom. The molecule has 106 valence electrons. The number of nitrogens with two attached hydrogens (primary N) is 1. The maximum atomic E-state index is 12.0. The molecule has 0 fully saturated rings. The van der Waals surface area contributed by atoms with E-state index in [2.05, 4.69) is 0 Å². The number of halogens is 3. The van der Waals surface area contributed by atoms with Crippen LogP contribution in [0.5, 0.6) is 5.75 Å². The Hall–Kier alpha value is -1.37. The number of thioether (sulfide) groups is 1.